The van der Waals surface area contributed by atoms with Gasteiger partial charge < -0.3 is 10.2 Å². The van der Waals surface area contributed by atoms with Crippen LogP contribution in [0.3, 0.4) is 0 Å². The maximum atomic E-state index is 3.40. The van der Waals surface area contributed by atoms with Crippen molar-refractivity contribution in [1.82, 2.24) is 5.32 Å². The van der Waals surface area contributed by atoms with Gasteiger partial charge in [0.05, 0.1) is 0 Å². The molecule has 1 fully saturated rings. The molecule has 1 heterocycles. The Morgan fingerprint density at radius 3 is 2.29 bits per heavy atom. The van der Waals surface area contributed by atoms with Crippen molar-refractivity contribution in [3.8, 4) is 11.1 Å². The molecule has 0 aliphatic carbocycles. The molecule has 0 radical (unpaired) electrons. The fraction of sp³-hybridized carbons (Fsp3) is 0.368. The van der Waals surface area contributed by atoms with Crippen molar-refractivity contribution in [2.24, 2.45) is 0 Å². The number of anilines is 1. The topological polar surface area (TPSA) is 15.3 Å². The van der Waals surface area contributed by atoms with Gasteiger partial charge in [0.15, 0.2) is 0 Å². The smallest absolute Gasteiger partial charge is 0.0367 e. The third-order valence-corrected chi connectivity index (χ3v) is 4.24. The summed E-state index contributed by atoms with van der Waals surface area (Å²) in [7, 11) is 0. The molecule has 3 rings (SSSR count). The summed E-state index contributed by atoms with van der Waals surface area (Å²) < 4.78 is 0. The van der Waals surface area contributed by atoms with Crippen LogP contribution in [0.1, 0.15) is 25.3 Å². The van der Waals surface area contributed by atoms with E-state index in [9.17, 15) is 0 Å². The molecule has 0 atom stereocenters. The highest BCUT2D eigenvalue weighted by Crippen LogP contribution is 2.26. The fourth-order valence-corrected chi connectivity index (χ4v) is 2.87. The average Bonchev–Trinajstić information content (AvgIpc) is 2.56. The Kier molecular flexibility index (Phi) is 4.26. The molecule has 0 bridgehead atoms. The minimum atomic E-state index is 0.574. The Balaban J connectivity index is 1.81. The Hall–Kier alpha value is -1.80. The first-order valence-corrected chi connectivity index (χ1v) is 7.90. The van der Waals surface area contributed by atoms with Crippen LogP contribution >= 0.6 is 0 Å². The van der Waals surface area contributed by atoms with Gasteiger partial charge in [-0.05, 0) is 34.7 Å². The zero-order valence-corrected chi connectivity index (χ0v) is 13.0. The normalized spacial score (nSPS) is 15.5. The molecule has 21 heavy (non-hydrogen) atoms. The molecule has 1 aliphatic heterocycles. The molecule has 0 saturated carbocycles. The number of nitrogens with one attached hydrogen (secondary N) is 1. The Morgan fingerprint density at radius 1 is 0.905 bits per heavy atom. The molecule has 0 unspecified atom stereocenters. The zero-order chi connectivity index (χ0) is 14.7. The van der Waals surface area contributed by atoms with E-state index in [1.165, 1.54) is 22.4 Å². The highest BCUT2D eigenvalue weighted by Gasteiger charge is 2.10. The monoisotopic (exact) mass is 280 g/mol. The van der Waals surface area contributed by atoms with Gasteiger partial charge in [0.1, 0.15) is 0 Å². The fourth-order valence-electron chi connectivity index (χ4n) is 2.87. The molecule has 2 aromatic carbocycles. The van der Waals surface area contributed by atoms with Crippen LogP contribution in [0.15, 0.2) is 48.5 Å². The maximum Gasteiger partial charge on any atom is 0.0367 e. The van der Waals surface area contributed by atoms with Gasteiger partial charge in [-0.15, -0.1) is 0 Å². The summed E-state index contributed by atoms with van der Waals surface area (Å²) in [5.74, 6) is 0.574. The molecule has 0 aromatic heterocycles. The third-order valence-electron chi connectivity index (χ3n) is 4.24. The Morgan fingerprint density at radius 2 is 1.62 bits per heavy atom. The molecule has 0 amide bonds. The quantitative estimate of drug-likeness (QED) is 0.917. The van der Waals surface area contributed by atoms with Gasteiger partial charge >= 0.3 is 0 Å². The summed E-state index contributed by atoms with van der Waals surface area (Å²) in [5.41, 5.74) is 5.35. The minimum Gasteiger partial charge on any atom is -0.369 e. The molecule has 2 nitrogen and oxygen atoms in total. The highest BCUT2D eigenvalue weighted by atomic mass is 15.2. The standard InChI is InChI=1S/C19H24N2/c1-15(2)17-4-3-5-18(14-17)16-6-8-19(9-7-16)21-12-10-20-11-13-21/h3-9,14-15,20H,10-13H2,1-2H3. The van der Waals surface area contributed by atoms with Gasteiger partial charge in [-0.3, -0.25) is 0 Å². The van der Waals surface area contributed by atoms with Crippen molar-refractivity contribution in [3.05, 3.63) is 54.1 Å². The van der Waals surface area contributed by atoms with E-state index < -0.39 is 0 Å². The second-order valence-corrected chi connectivity index (χ2v) is 6.06. The number of benzene rings is 2. The van der Waals surface area contributed by atoms with Crippen LogP contribution in [-0.4, -0.2) is 26.2 Å². The van der Waals surface area contributed by atoms with Crippen molar-refractivity contribution < 1.29 is 0 Å². The number of nitrogens with zero attached hydrogens (tertiary/aromatic N) is 1. The number of piperazine rings is 1. The lowest BCUT2D eigenvalue weighted by atomic mass is 9.97. The highest BCUT2D eigenvalue weighted by molar-refractivity contribution is 5.67. The molecule has 2 heteroatoms. The lowest BCUT2D eigenvalue weighted by Crippen LogP contribution is -2.43. The van der Waals surface area contributed by atoms with Crippen LogP contribution in [0.5, 0.6) is 0 Å². The van der Waals surface area contributed by atoms with Gasteiger partial charge in [-0.1, -0.05) is 50.2 Å². The number of rotatable bonds is 3. The molecule has 1 N–H and O–H groups in total. The van der Waals surface area contributed by atoms with Gasteiger partial charge in [-0.25, -0.2) is 0 Å². The summed E-state index contributed by atoms with van der Waals surface area (Å²) in [4.78, 5) is 2.45. The summed E-state index contributed by atoms with van der Waals surface area (Å²) in [6.07, 6.45) is 0. The van der Waals surface area contributed by atoms with E-state index in [0.717, 1.165) is 26.2 Å². The minimum absolute atomic E-state index is 0.574. The van der Waals surface area contributed by atoms with Gasteiger partial charge in [0, 0.05) is 31.9 Å². The van der Waals surface area contributed by atoms with E-state index in [4.69, 9.17) is 0 Å². The average molecular weight is 280 g/mol. The maximum absolute atomic E-state index is 3.40. The molecular weight excluding hydrogens is 256 g/mol. The van der Waals surface area contributed by atoms with Crippen LogP contribution in [0.4, 0.5) is 5.69 Å². The molecule has 2 aromatic rings. The van der Waals surface area contributed by atoms with E-state index in [-0.39, 0.29) is 0 Å². The first-order chi connectivity index (χ1) is 10.2. The molecular formula is C19H24N2. The largest absolute Gasteiger partial charge is 0.369 e. The second kappa shape index (κ2) is 6.31. The van der Waals surface area contributed by atoms with Gasteiger partial charge in [0.25, 0.3) is 0 Å². The number of hydrogen-bond donors (Lipinski definition) is 1. The van der Waals surface area contributed by atoms with Crippen molar-refractivity contribution >= 4 is 5.69 Å². The SMILES string of the molecule is CC(C)c1cccc(-c2ccc(N3CCNCC3)cc2)c1. The van der Waals surface area contributed by atoms with E-state index in [1.807, 2.05) is 0 Å². The summed E-state index contributed by atoms with van der Waals surface area (Å²) in [6, 6.07) is 17.9. The van der Waals surface area contributed by atoms with E-state index in [2.05, 4.69) is 72.6 Å². The summed E-state index contributed by atoms with van der Waals surface area (Å²) in [5, 5.41) is 3.40. The summed E-state index contributed by atoms with van der Waals surface area (Å²) >= 11 is 0. The van der Waals surface area contributed by atoms with Gasteiger partial charge in [0.2, 0.25) is 0 Å². The number of hydrogen-bond acceptors (Lipinski definition) is 2. The first-order valence-electron chi connectivity index (χ1n) is 7.90. The van der Waals surface area contributed by atoms with E-state index in [1.54, 1.807) is 0 Å². The first kappa shape index (κ1) is 14.2. The van der Waals surface area contributed by atoms with Crippen molar-refractivity contribution in [1.29, 1.82) is 0 Å². The lowest BCUT2D eigenvalue weighted by molar-refractivity contribution is 0.589. The van der Waals surface area contributed by atoms with Gasteiger partial charge in [-0.2, -0.15) is 0 Å². The Bertz CT molecular complexity index is 581. The van der Waals surface area contributed by atoms with Crippen LogP contribution in [0, 0.1) is 0 Å². The predicted molar refractivity (Wildman–Crippen MR) is 91.0 cm³/mol. The molecule has 1 saturated heterocycles. The molecule has 1 aliphatic rings. The molecule has 110 valence electrons. The van der Waals surface area contributed by atoms with Crippen LogP contribution in [0.2, 0.25) is 0 Å². The lowest BCUT2D eigenvalue weighted by Gasteiger charge is -2.29. The third kappa shape index (κ3) is 3.27. The zero-order valence-electron chi connectivity index (χ0n) is 13.0. The molecule has 0 spiro atoms. The van der Waals surface area contributed by atoms with E-state index >= 15 is 0 Å². The van der Waals surface area contributed by atoms with Crippen LogP contribution in [0.25, 0.3) is 11.1 Å². The summed E-state index contributed by atoms with van der Waals surface area (Å²) in [6.45, 7) is 8.85. The van der Waals surface area contributed by atoms with Crippen molar-refractivity contribution in [2.75, 3.05) is 31.1 Å². The van der Waals surface area contributed by atoms with Crippen molar-refractivity contribution in [2.45, 2.75) is 19.8 Å². The Labute approximate surface area is 127 Å². The van der Waals surface area contributed by atoms with E-state index in [0.29, 0.717) is 5.92 Å². The second-order valence-electron chi connectivity index (χ2n) is 6.06. The van der Waals surface area contributed by atoms with Crippen molar-refractivity contribution in [3.63, 3.8) is 0 Å². The predicted octanol–water partition coefficient (Wildman–Crippen LogP) is 3.89. The van der Waals surface area contributed by atoms with Crippen LogP contribution in [-0.2, 0) is 0 Å². The van der Waals surface area contributed by atoms with Crippen LogP contribution < -0.4 is 10.2 Å².